The first kappa shape index (κ1) is 24.1. The third-order valence-corrected chi connectivity index (χ3v) is 8.04. The lowest BCUT2D eigenvalue weighted by Gasteiger charge is -2.18. The Hall–Kier alpha value is -2.03. The first-order valence-corrected chi connectivity index (χ1v) is 13.3. The number of thiophene rings is 1. The van der Waals surface area contributed by atoms with Gasteiger partial charge in [0.1, 0.15) is 10.6 Å². The van der Waals surface area contributed by atoms with Crippen LogP contribution in [0, 0.1) is 11.8 Å². The van der Waals surface area contributed by atoms with Crippen LogP contribution in [0.4, 0.5) is 0 Å². The van der Waals surface area contributed by atoms with Crippen molar-refractivity contribution in [1.29, 1.82) is 0 Å². The van der Waals surface area contributed by atoms with Crippen molar-refractivity contribution in [2.75, 3.05) is 19.4 Å². The zero-order valence-electron chi connectivity index (χ0n) is 19.2. The van der Waals surface area contributed by atoms with Gasteiger partial charge in [0.2, 0.25) is 5.91 Å². The van der Waals surface area contributed by atoms with Gasteiger partial charge in [-0.1, -0.05) is 44.1 Å². The van der Waals surface area contributed by atoms with Gasteiger partial charge in [-0.25, -0.2) is 4.98 Å². The molecule has 4 rings (SSSR count). The van der Waals surface area contributed by atoms with Gasteiger partial charge in [-0.2, -0.15) is 0 Å². The number of amides is 1. The van der Waals surface area contributed by atoms with Gasteiger partial charge in [-0.05, 0) is 54.9 Å². The average molecular weight is 506 g/mol. The lowest BCUT2D eigenvalue weighted by molar-refractivity contribution is -0.118. The molecular weight excluding hydrogens is 478 g/mol. The molecular formula is C24H28ClN3O3S2. The van der Waals surface area contributed by atoms with Crippen LogP contribution in [0.1, 0.15) is 37.6 Å². The van der Waals surface area contributed by atoms with E-state index in [4.69, 9.17) is 21.3 Å². The standard InChI is InChI=1S/C24H28ClN3O3S2/c1-13(2)11-26-20(29)12-32-24-27-22-21(16-7-5-14(3)9-19(16)33-22)23(30)28(24)17-10-15(25)6-8-18(17)31-4/h6,8,10,13-14H,5,7,9,11-12H2,1-4H3,(H,26,29)/t14-/m1/s1. The van der Waals surface area contributed by atoms with Crippen LogP contribution in [-0.4, -0.2) is 34.9 Å². The molecule has 3 aromatic rings. The van der Waals surface area contributed by atoms with Gasteiger partial charge in [-0.3, -0.25) is 14.2 Å². The summed E-state index contributed by atoms with van der Waals surface area (Å²) in [7, 11) is 1.56. The smallest absolute Gasteiger partial charge is 0.267 e. The number of aromatic nitrogens is 2. The molecule has 33 heavy (non-hydrogen) atoms. The molecule has 0 bridgehead atoms. The Morgan fingerprint density at radius 2 is 2.21 bits per heavy atom. The second kappa shape index (κ2) is 10.1. The van der Waals surface area contributed by atoms with E-state index in [0.717, 1.165) is 29.7 Å². The molecule has 6 nitrogen and oxygen atoms in total. The van der Waals surface area contributed by atoms with Crippen molar-refractivity contribution < 1.29 is 9.53 Å². The lowest BCUT2D eigenvalue weighted by Crippen LogP contribution is -2.29. The first-order valence-electron chi connectivity index (χ1n) is 11.1. The zero-order valence-corrected chi connectivity index (χ0v) is 21.6. The number of fused-ring (bicyclic) bond motifs is 3. The van der Waals surface area contributed by atoms with E-state index in [1.54, 1.807) is 41.2 Å². The quantitative estimate of drug-likeness (QED) is 0.357. The minimum absolute atomic E-state index is 0.0908. The molecule has 9 heteroatoms. The van der Waals surface area contributed by atoms with Gasteiger partial charge in [0, 0.05) is 16.4 Å². The highest BCUT2D eigenvalue weighted by molar-refractivity contribution is 7.99. The molecule has 0 aliphatic heterocycles. The van der Waals surface area contributed by atoms with E-state index in [9.17, 15) is 9.59 Å². The van der Waals surface area contributed by atoms with Crippen molar-refractivity contribution in [2.24, 2.45) is 11.8 Å². The van der Waals surface area contributed by atoms with Crippen molar-refractivity contribution in [3.63, 3.8) is 0 Å². The molecule has 1 atom stereocenters. The van der Waals surface area contributed by atoms with Gasteiger partial charge in [-0.15, -0.1) is 11.3 Å². The Bertz CT molecular complexity index is 1250. The normalized spacial score (nSPS) is 15.6. The van der Waals surface area contributed by atoms with Crippen LogP contribution in [0.2, 0.25) is 5.02 Å². The maximum absolute atomic E-state index is 13.9. The van der Waals surface area contributed by atoms with Gasteiger partial charge >= 0.3 is 0 Å². The zero-order chi connectivity index (χ0) is 23.7. The van der Waals surface area contributed by atoms with Crippen LogP contribution in [-0.2, 0) is 17.6 Å². The summed E-state index contributed by atoms with van der Waals surface area (Å²) in [6.07, 6.45) is 2.91. The van der Waals surface area contributed by atoms with Crippen LogP contribution < -0.4 is 15.6 Å². The van der Waals surface area contributed by atoms with E-state index in [-0.39, 0.29) is 17.2 Å². The second-order valence-corrected chi connectivity index (χ2v) is 11.3. The number of hydrogen-bond donors (Lipinski definition) is 1. The number of carbonyl (C=O) groups is 1. The van der Waals surface area contributed by atoms with Crippen molar-refractivity contribution in [1.82, 2.24) is 14.9 Å². The topological polar surface area (TPSA) is 73.2 Å². The van der Waals surface area contributed by atoms with Gasteiger partial charge in [0.15, 0.2) is 5.16 Å². The molecule has 2 heterocycles. The molecule has 2 aromatic heterocycles. The Kier molecular flexibility index (Phi) is 7.36. The Labute approximate surface area is 206 Å². The highest BCUT2D eigenvalue weighted by Gasteiger charge is 2.26. The van der Waals surface area contributed by atoms with E-state index < -0.39 is 0 Å². The summed E-state index contributed by atoms with van der Waals surface area (Å²) in [6.45, 7) is 6.94. The third-order valence-electron chi connectivity index (χ3n) is 5.72. The van der Waals surface area contributed by atoms with E-state index in [0.29, 0.717) is 45.4 Å². The van der Waals surface area contributed by atoms with Crippen LogP contribution in [0.25, 0.3) is 15.9 Å². The number of hydrogen-bond acceptors (Lipinski definition) is 6. The number of halogens is 1. The molecule has 0 unspecified atom stereocenters. The molecule has 1 aliphatic rings. The molecule has 1 N–H and O–H groups in total. The van der Waals surface area contributed by atoms with E-state index in [1.807, 2.05) is 13.8 Å². The van der Waals surface area contributed by atoms with Crippen LogP contribution in [0.5, 0.6) is 5.75 Å². The Balaban J connectivity index is 1.85. The number of methoxy groups -OCH3 is 1. The van der Waals surface area contributed by atoms with Gasteiger partial charge in [0.05, 0.1) is 23.9 Å². The van der Waals surface area contributed by atoms with Gasteiger partial charge < -0.3 is 10.1 Å². The number of rotatable bonds is 7. The summed E-state index contributed by atoms with van der Waals surface area (Å²) in [5.41, 5.74) is 1.50. The summed E-state index contributed by atoms with van der Waals surface area (Å²) in [6, 6.07) is 5.17. The van der Waals surface area contributed by atoms with Crippen LogP contribution in [0.15, 0.2) is 28.2 Å². The fourth-order valence-corrected chi connectivity index (χ4v) is 6.44. The predicted molar refractivity (Wildman–Crippen MR) is 137 cm³/mol. The number of ether oxygens (including phenoxy) is 1. The van der Waals surface area contributed by atoms with E-state index in [1.165, 1.54) is 16.6 Å². The van der Waals surface area contributed by atoms with Crippen molar-refractivity contribution in [3.8, 4) is 11.4 Å². The molecule has 0 spiro atoms. The molecule has 0 radical (unpaired) electrons. The fourth-order valence-electron chi connectivity index (χ4n) is 4.02. The molecule has 0 fully saturated rings. The maximum Gasteiger partial charge on any atom is 0.267 e. The summed E-state index contributed by atoms with van der Waals surface area (Å²) in [5, 5.41) is 4.55. The molecule has 1 amide bonds. The largest absolute Gasteiger partial charge is 0.495 e. The number of thioether (sulfide) groups is 1. The SMILES string of the molecule is COc1ccc(Cl)cc1-n1c(SCC(=O)NCC(C)C)nc2sc3c(c2c1=O)CC[C@@H](C)C3. The molecule has 0 saturated carbocycles. The summed E-state index contributed by atoms with van der Waals surface area (Å²) in [4.78, 5) is 33.2. The minimum Gasteiger partial charge on any atom is -0.495 e. The molecule has 176 valence electrons. The average Bonchev–Trinajstić information content (AvgIpc) is 3.13. The monoisotopic (exact) mass is 505 g/mol. The van der Waals surface area contributed by atoms with Crippen LogP contribution >= 0.6 is 34.7 Å². The van der Waals surface area contributed by atoms with E-state index in [2.05, 4.69) is 12.2 Å². The maximum atomic E-state index is 13.9. The Morgan fingerprint density at radius 3 is 2.94 bits per heavy atom. The second-order valence-electron chi connectivity index (χ2n) is 8.87. The third kappa shape index (κ3) is 5.08. The summed E-state index contributed by atoms with van der Waals surface area (Å²) in [5.74, 6) is 1.55. The molecule has 1 aromatic carbocycles. The minimum atomic E-state index is -0.141. The number of carbonyl (C=O) groups excluding carboxylic acids is 1. The van der Waals surface area contributed by atoms with Crippen molar-refractivity contribution in [3.05, 3.63) is 44.0 Å². The number of nitrogens with zero attached hydrogens (tertiary/aromatic N) is 2. The van der Waals surface area contributed by atoms with Gasteiger partial charge in [0.25, 0.3) is 5.56 Å². The number of benzene rings is 1. The van der Waals surface area contributed by atoms with Crippen molar-refractivity contribution in [2.45, 2.75) is 45.2 Å². The molecule has 1 aliphatic carbocycles. The Morgan fingerprint density at radius 1 is 1.42 bits per heavy atom. The van der Waals surface area contributed by atoms with E-state index >= 15 is 0 Å². The first-order chi connectivity index (χ1) is 15.8. The lowest BCUT2D eigenvalue weighted by atomic mass is 9.89. The summed E-state index contributed by atoms with van der Waals surface area (Å²) < 4.78 is 7.10. The number of nitrogens with one attached hydrogen (secondary N) is 1. The highest BCUT2D eigenvalue weighted by atomic mass is 35.5. The number of aryl methyl sites for hydroxylation is 1. The highest BCUT2D eigenvalue weighted by Crippen LogP contribution is 2.38. The van der Waals surface area contributed by atoms with Crippen LogP contribution in [0.3, 0.4) is 0 Å². The fraction of sp³-hybridized carbons (Fsp3) is 0.458. The predicted octanol–water partition coefficient (Wildman–Crippen LogP) is 5.10. The summed E-state index contributed by atoms with van der Waals surface area (Å²) >= 11 is 9.15. The molecule has 0 saturated heterocycles. The van der Waals surface area contributed by atoms with Crippen molar-refractivity contribution >= 4 is 50.8 Å².